The molecule has 1 fully saturated rings. The highest BCUT2D eigenvalue weighted by molar-refractivity contribution is 5.93. The molecular formula is C29H48N6O3. The van der Waals surface area contributed by atoms with Gasteiger partial charge in [0.1, 0.15) is 6.04 Å². The average Bonchev–Trinajstić information content (AvgIpc) is 2.88. The van der Waals surface area contributed by atoms with Crippen molar-refractivity contribution in [2.75, 3.05) is 26.7 Å². The summed E-state index contributed by atoms with van der Waals surface area (Å²) >= 11 is 0. The molecule has 1 aliphatic heterocycles. The minimum absolute atomic E-state index is 0.0108. The van der Waals surface area contributed by atoms with Crippen LogP contribution in [0.15, 0.2) is 11.6 Å². The Morgan fingerprint density at radius 1 is 1.00 bits per heavy atom. The summed E-state index contributed by atoms with van der Waals surface area (Å²) in [6, 6.07) is 3.04. The van der Waals surface area contributed by atoms with Gasteiger partial charge < -0.3 is 15.1 Å². The minimum Gasteiger partial charge on any atom is -0.343 e. The van der Waals surface area contributed by atoms with Gasteiger partial charge in [-0.3, -0.25) is 19.3 Å². The van der Waals surface area contributed by atoms with Gasteiger partial charge in [-0.05, 0) is 52.0 Å². The number of nitriles is 2. The van der Waals surface area contributed by atoms with Crippen LogP contribution in [-0.2, 0) is 14.4 Å². The first-order valence-electron chi connectivity index (χ1n) is 13.9. The number of nitrogens with one attached hydrogen (secondary N) is 1. The zero-order chi connectivity index (χ0) is 29.0. The summed E-state index contributed by atoms with van der Waals surface area (Å²) < 4.78 is 0. The Bertz CT molecular complexity index is 896. The van der Waals surface area contributed by atoms with Gasteiger partial charge in [0.15, 0.2) is 0 Å². The molecule has 38 heavy (non-hydrogen) atoms. The molecule has 1 rings (SSSR count). The molecule has 0 aliphatic carbocycles. The van der Waals surface area contributed by atoms with E-state index in [0.717, 1.165) is 25.8 Å². The lowest BCUT2D eigenvalue weighted by atomic mass is 9.95. The number of carbonyl (C=O) groups is 3. The number of likely N-dealkylation sites (N-methyl/N-ethyl adjacent to an activating group) is 1. The molecule has 1 unspecified atom stereocenters. The molecule has 3 amide bonds. The van der Waals surface area contributed by atoms with Crippen molar-refractivity contribution in [3.63, 3.8) is 0 Å². The first kappa shape index (κ1) is 33.1. The lowest BCUT2D eigenvalue weighted by molar-refractivity contribution is -0.140. The van der Waals surface area contributed by atoms with Gasteiger partial charge in [-0.2, -0.15) is 10.5 Å². The highest BCUT2D eigenvalue weighted by atomic mass is 16.2. The zero-order valence-corrected chi connectivity index (χ0v) is 24.7. The molecule has 0 aromatic heterocycles. The molecule has 0 bridgehead atoms. The second-order valence-electron chi connectivity index (χ2n) is 11.2. The van der Waals surface area contributed by atoms with Crippen LogP contribution >= 0.6 is 0 Å². The largest absolute Gasteiger partial charge is 0.343 e. The topological polar surface area (TPSA) is 121 Å². The molecule has 0 aromatic rings. The fraction of sp³-hybridized carbons (Fsp3) is 0.759. The van der Waals surface area contributed by atoms with E-state index < -0.39 is 6.04 Å². The maximum atomic E-state index is 13.7. The third kappa shape index (κ3) is 9.44. The predicted octanol–water partition coefficient (Wildman–Crippen LogP) is 3.48. The molecule has 212 valence electrons. The second kappa shape index (κ2) is 16.1. The van der Waals surface area contributed by atoms with Crippen LogP contribution in [0.25, 0.3) is 0 Å². The predicted molar refractivity (Wildman–Crippen MR) is 148 cm³/mol. The van der Waals surface area contributed by atoms with Crippen LogP contribution in [0, 0.1) is 34.5 Å². The molecule has 1 heterocycles. The van der Waals surface area contributed by atoms with Gasteiger partial charge in [0, 0.05) is 31.8 Å². The molecular weight excluding hydrogens is 480 g/mol. The Kier molecular flexibility index (Phi) is 14.1. The summed E-state index contributed by atoms with van der Waals surface area (Å²) in [5.41, 5.74) is 0.458. The van der Waals surface area contributed by atoms with Gasteiger partial charge in [0.25, 0.3) is 0 Å². The van der Waals surface area contributed by atoms with E-state index in [1.165, 1.54) is 4.90 Å². The maximum absolute atomic E-state index is 13.7. The lowest BCUT2D eigenvalue weighted by Crippen LogP contribution is -2.58. The molecule has 0 saturated carbocycles. The fourth-order valence-corrected chi connectivity index (χ4v) is 5.00. The van der Waals surface area contributed by atoms with Crippen LogP contribution in [0.1, 0.15) is 80.6 Å². The van der Waals surface area contributed by atoms with Crippen LogP contribution in [0.5, 0.6) is 0 Å². The zero-order valence-electron chi connectivity index (χ0n) is 24.7. The van der Waals surface area contributed by atoms with Crippen LogP contribution in [-0.4, -0.2) is 83.3 Å². The molecule has 0 radical (unpaired) electrons. The minimum atomic E-state index is -0.683. The summed E-state index contributed by atoms with van der Waals surface area (Å²) in [7, 11) is 1.72. The lowest BCUT2D eigenvalue weighted by Gasteiger charge is -2.39. The Hall–Kier alpha value is -2.91. The number of carbonyl (C=O) groups excluding carboxylic acids is 3. The van der Waals surface area contributed by atoms with E-state index in [0.29, 0.717) is 5.57 Å². The van der Waals surface area contributed by atoms with E-state index in [9.17, 15) is 14.4 Å². The summed E-state index contributed by atoms with van der Waals surface area (Å²) in [4.78, 5) is 45.6. The highest BCUT2D eigenvalue weighted by Gasteiger charge is 2.36. The highest BCUT2D eigenvalue weighted by Crippen LogP contribution is 2.21. The van der Waals surface area contributed by atoms with Crippen LogP contribution < -0.4 is 5.32 Å². The number of hydrogen-bond donors (Lipinski definition) is 1. The van der Waals surface area contributed by atoms with Crippen molar-refractivity contribution >= 4 is 17.7 Å². The molecule has 3 atom stereocenters. The third-order valence-electron chi connectivity index (χ3n) is 7.25. The molecule has 0 aromatic carbocycles. The molecule has 0 spiro atoms. The van der Waals surface area contributed by atoms with Crippen molar-refractivity contribution in [3.05, 3.63) is 11.6 Å². The van der Waals surface area contributed by atoms with E-state index in [1.807, 2.05) is 39.8 Å². The Balaban J connectivity index is 3.13. The smallest absolute Gasteiger partial charge is 0.249 e. The number of nitrogens with zero attached hydrogens (tertiary/aromatic N) is 5. The Morgan fingerprint density at radius 2 is 1.58 bits per heavy atom. The van der Waals surface area contributed by atoms with E-state index >= 15 is 0 Å². The van der Waals surface area contributed by atoms with E-state index in [-0.39, 0.29) is 73.6 Å². The summed E-state index contributed by atoms with van der Waals surface area (Å²) in [5.74, 6) is -0.649. The van der Waals surface area contributed by atoms with Gasteiger partial charge in [-0.1, -0.05) is 40.2 Å². The summed E-state index contributed by atoms with van der Waals surface area (Å²) in [6.45, 7) is 15.1. The van der Waals surface area contributed by atoms with Crippen LogP contribution in [0.2, 0.25) is 0 Å². The Labute approximate surface area is 229 Å². The number of piperidine rings is 1. The quantitative estimate of drug-likeness (QED) is 0.366. The van der Waals surface area contributed by atoms with Crippen molar-refractivity contribution in [3.8, 4) is 12.1 Å². The first-order chi connectivity index (χ1) is 17.9. The normalized spacial score (nSPS) is 18.0. The summed E-state index contributed by atoms with van der Waals surface area (Å²) in [6.07, 6.45) is 5.00. The van der Waals surface area contributed by atoms with Gasteiger partial charge in [-0.15, -0.1) is 0 Å². The van der Waals surface area contributed by atoms with Crippen molar-refractivity contribution in [2.24, 2.45) is 11.8 Å². The molecule has 1 aliphatic rings. The number of amides is 3. The van der Waals surface area contributed by atoms with E-state index in [2.05, 4.69) is 24.1 Å². The molecule has 9 heteroatoms. The number of likely N-dealkylation sites (tertiary alicyclic amines) is 1. The number of rotatable bonds is 13. The van der Waals surface area contributed by atoms with Gasteiger partial charge in [-0.25, -0.2) is 0 Å². The SMILES string of the molecule is C/C(=C\C(C(C)C)N(C)C(=O)[C@@H](NC(=O)[C@H]1CCCCN1C(C)C)C(C)C)C(=O)N(CCC#N)CCC#N. The Morgan fingerprint density at radius 3 is 2.05 bits per heavy atom. The monoisotopic (exact) mass is 528 g/mol. The van der Waals surface area contributed by atoms with Crippen molar-refractivity contribution in [1.82, 2.24) is 20.0 Å². The maximum Gasteiger partial charge on any atom is 0.249 e. The number of hydrogen-bond acceptors (Lipinski definition) is 6. The molecule has 1 saturated heterocycles. The first-order valence-corrected chi connectivity index (χ1v) is 13.9. The standard InChI is InChI=1S/C29H48N6O3/c1-20(2)25(19-23(7)28(37)34(16-11-14-30)17-12-15-31)33(8)29(38)26(21(3)4)32-27(36)24-13-9-10-18-35(24)22(5)6/h19-22,24-26H,9-13,16-18H2,1-8H3,(H,32,36)/b23-19+/t24-,25?,26+/m1/s1. The van der Waals surface area contributed by atoms with Crippen LogP contribution in [0.3, 0.4) is 0 Å². The molecule has 9 nitrogen and oxygen atoms in total. The fourth-order valence-electron chi connectivity index (χ4n) is 5.00. The second-order valence-corrected chi connectivity index (χ2v) is 11.2. The van der Waals surface area contributed by atoms with E-state index in [4.69, 9.17) is 10.5 Å². The van der Waals surface area contributed by atoms with Crippen molar-refractivity contribution < 1.29 is 14.4 Å². The van der Waals surface area contributed by atoms with E-state index in [1.54, 1.807) is 24.9 Å². The van der Waals surface area contributed by atoms with Crippen LogP contribution in [0.4, 0.5) is 0 Å². The van der Waals surface area contributed by atoms with Crippen molar-refractivity contribution in [1.29, 1.82) is 10.5 Å². The van der Waals surface area contributed by atoms with Gasteiger partial charge in [0.05, 0.1) is 37.1 Å². The molecule has 1 N–H and O–H groups in total. The van der Waals surface area contributed by atoms with Gasteiger partial charge >= 0.3 is 0 Å². The van der Waals surface area contributed by atoms with Gasteiger partial charge in [0.2, 0.25) is 17.7 Å². The van der Waals surface area contributed by atoms with Crippen molar-refractivity contribution in [2.45, 2.75) is 105 Å². The third-order valence-corrected chi connectivity index (χ3v) is 7.25. The summed E-state index contributed by atoms with van der Waals surface area (Å²) in [5, 5.41) is 21.0. The average molecular weight is 529 g/mol.